The third-order valence-electron chi connectivity index (χ3n) is 10.3. The van der Waals surface area contributed by atoms with Gasteiger partial charge in [-0.3, -0.25) is 0 Å². The maximum Gasteiger partial charge on any atom is 0.187 e. The normalized spacial score (nSPS) is 54.4. The van der Waals surface area contributed by atoms with E-state index in [1.807, 2.05) is 0 Å². The molecule has 0 spiro atoms. The molecule has 3 heterocycles. The second-order valence-corrected chi connectivity index (χ2v) is 13.2. The van der Waals surface area contributed by atoms with Gasteiger partial charge in [0.05, 0.1) is 55.4 Å². The molecule has 5 aliphatic rings. The predicted molar refractivity (Wildman–Crippen MR) is 148 cm³/mol. The van der Waals surface area contributed by atoms with Crippen LogP contribution in [0.25, 0.3) is 0 Å². The molecule has 0 aromatic rings. The van der Waals surface area contributed by atoms with Crippen molar-refractivity contribution in [3.63, 3.8) is 0 Å². The summed E-state index contributed by atoms with van der Waals surface area (Å²) < 4.78 is 40.8. The summed E-state index contributed by atoms with van der Waals surface area (Å²) in [7, 11) is 2.98. The Morgan fingerprint density at radius 2 is 1.22 bits per heavy atom. The molecule has 0 bridgehead atoms. The molecule has 45 heavy (non-hydrogen) atoms. The van der Waals surface area contributed by atoms with E-state index in [4.69, 9.17) is 33.2 Å². The lowest BCUT2D eigenvalue weighted by Gasteiger charge is -2.52. The van der Waals surface area contributed by atoms with Gasteiger partial charge in [0, 0.05) is 20.1 Å². The number of aliphatic hydroxyl groups excluding tert-OH is 9. The Balaban J connectivity index is 1.32. The van der Waals surface area contributed by atoms with Gasteiger partial charge in [-0.2, -0.15) is 0 Å². The second kappa shape index (κ2) is 14.9. The third kappa shape index (κ3) is 7.36. The highest BCUT2D eigenvalue weighted by atomic mass is 16.7. The van der Waals surface area contributed by atoms with Crippen LogP contribution in [0.3, 0.4) is 0 Å². The molecule has 8 unspecified atom stereocenters. The standard InChI is InChI=1S/C29H50O16/c1-10-20(32)23(35)25(37)28(42-10)41-9-19-22(34)24(36)26(38)29(45-19)44-18-8-13-14(31)6-12(30)7-15(13)43-27(18)11-4-16(39-2)21(33)17(5-11)40-3/h10-38H,4-9H2,1-3H3/t10-,11?,12?,13?,14?,15?,16?,17?,18?,19+,20-,21?,22+,23+,24-,25+,26+,27?,28+,29+/m0/s1. The SMILES string of the molecule is COC1CC(C2OC3CC(O)CC(O)C3CC2O[C@@H]2O[C@H](CO[C@@H]3O[C@@H](C)[C@H](O)[C@@H](O)[C@H]3O)[C@@H](O)[C@H](O)[C@H]2O)CC(OC)C1O. The van der Waals surface area contributed by atoms with Crippen LogP contribution in [-0.4, -0.2) is 177 Å². The first-order valence-corrected chi connectivity index (χ1v) is 15.8. The van der Waals surface area contributed by atoms with Crippen LogP contribution in [0.4, 0.5) is 0 Å². The molecule has 2 aliphatic carbocycles. The van der Waals surface area contributed by atoms with Crippen molar-refractivity contribution in [3.05, 3.63) is 0 Å². The van der Waals surface area contributed by atoms with Crippen LogP contribution < -0.4 is 0 Å². The smallest absolute Gasteiger partial charge is 0.187 e. The molecule has 2 saturated carbocycles. The zero-order chi connectivity index (χ0) is 32.7. The average Bonchev–Trinajstić information content (AvgIpc) is 3.01. The molecule has 3 aliphatic heterocycles. The van der Waals surface area contributed by atoms with Gasteiger partial charge in [-0.05, 0) is 44.9 Å². The quantitative estimate of drug-likeness (QED) is 0.121. The minimum absolute atomic E-state index is 0.168. The summed E-state index contributed by atoms with van der Waals surface area (Å²) in [4.78, 5) is 0. The van der Waals surface area contributed by atoms with Gasteiger partial charge in [-0.25, -0.2) is 0 Å². The van der Waals surface area contributed by atoms with E-state index in [9.17, 15) is 46.0 Å². The van der Waals surface area contributed by atoms with Crippen molar-refractivity contribution < 1.29 is 79.1 Å². The lowest BCUT2D eigenvalue weighted by atomic mass is 9.72. The Hall–Kier alpha value is -0.640. The molecule has 262 valence electrons. The molecule has 0 radical (unpaired) electrons. The first-order chi connectivity index (χ1) is 21.3. The van der Waals surface area contributed by atoms with Crippen LogP contribution in [0.15, 0.2) is 0 Å². The largest absolute Gasteiger partial charge is 0.393 e. The maximum atomic E-state index is 10.9. The zero-order valence-corrected chi connectivity index (χ0v) is 25.7. The minimum atomic E-state index is -1.72. The zero-order valence-electron chi connectivity index (χ0n) is 25.7. The lowest BCUT2D eigenvalue weighted by molar-refractivity contribution is -0.346. The Morgan fingerprint density at radius 1 is 0.600 bits per heavy atom. The summed E-state index contributed by atoms with van der Waals surface area (Å²) in [5, 5.41) is 94.5. The Bertz CT molecular complexity index is 932. The molecule has 0 aromatic heterocycles. The van der Waals surface area contributed by atoms with Crippen LogP contribution in [0.5, 0.6) is 0 Å². The van der Waals surface area contributed by atoms with Crippen molar-refractivity contribution in [2.75, 3.05) is 20.8 Å². The molecule has 5 fully saturated rings. The van der Waals surface area contributed by atoms with Crippen LogP contribution in [0, 0.1) is 11.8 Å². The van der Waals surface area contributed by atoms with Crippen molar-refractivity contribution in [1.82, 2.24) is 0 Å². The summed E-state index contributed by atoms with van der Waals surface area (Å²) in [6.07, 6.45) is -18.5. The lowest BCUT2D eigenvalue weighted by Crippen LogP contribution is -2.63. The summed E-state index contributed by atoms with van der Waals surface area (Å²) in [5.41, 5.74) is 0. The van der Waals surface area contributed by atoms with Gasteiger partial charge in [0.2, 0.25) is 0 Å². The first-order valence-electron chi connectivity index (χ1n) is 15.8. The van der Waals surface area contributed by atoms with E-state index in [1.165, 1.54) is 21.1 Å². The fourth-order valence-electron chi connectivity index (χ4n) is 7.58. The number of ether oxygens (including phenoxy) is 7. The molecule has 9 N–H and O–H groups in total. The summed E-state index contributed by atoms with van der Waals surface area (Å²) in [6.45, 7) is 1.04. The Labute approximate surface area is 261 Å². The second-order valence-electron chi connectivity index (χ2n) is 13.2. The van der Waals surface area contributed by atoms with E-state index in [2.05, 4.69) is 0 Å². The molecule has 0 amide bonds. The van der Waals surface area contributed by atoms with Gasteiger partial charge in [-0.1, -0.05) is 0 Å². The number of methoxy groups -OCH3 is 2. The molecular weight excluding hydrogens is 604 g/mol. The maximum absolute atomic E-state index is 10.9. The number of hydrogen-bond acceptors (Lipinski definition) is 16. The molecule has 3 saturated heterocycles. The monoisotopic (exact) mass is 654 g/mol. The van der Waals surface area contributed by atoms with Crippen molar-refractivity contribution in [3.8, 4) is 0 Å². The van der Waals surface area contributed by atoms with E-state index in [-0.39, 0.29) is 18.8 Å². The number of fused-ring (bicyclic) bond motifs is 1. The van der Waals surface area contributed by atoms with Crippen molar-refractivity contribution in [1.29, 1.82) is 0 Å². The summed E-state index contributed by atoms with van der Waals surface area (Å²) in [6, 6.07) is 0. The predicted octanol–water partition coefficient (Wildman–Crippen LogP) is -3.89. The highest BCUT2D eigenvalue weighted by molar-refractivity contribution is 5.00. The van der Waals surface area contributed by atoms with Gasteiger partial charge in [-0.15, -0.1) is 0 Å². The van der Waals surface area contributed by atoms with Crippen LogP contribution in [0.1, 0.15) is 39.0 Å². The van der Waals surface area contributed by atoms with E-state index < -0.39 is 123 Å². The fourth-order valence-corrected chi connectivity index (χ4v) is 7.58. The van der Waals surface area contributed by atoms with E-state index in [0.717, 1.165) is 0 Å². The number of hydrogen-bond donors (Lipinski definition) is 9. The third-order valence-corrected chi connectivity index (χ3v) is 10.3. The molecule has 5 rings (SSSR count). The molecule has 18 atom stereocenters. The van der Waals surface area contributed by atoms with Crippen molar-refractivity contribution >= 4 is 0 Å². The van der Waals surface area contributed by atoms with Gasteiger partial charge < -0.3 is 79.1 Å². The molecular formula is C29H50O16. The highest BCUT2D eigenvalue weighted by Gasteiger charge is 2.53. The van der Waals surface area contributed by atoms with Crippen molar-refractivity contribution in [2.45, 2.75) is 149 Å². The van der Waals surface area contributed by atoms with Gasteiger partial charge in [0.25, 0.3) is 0 Å². The van der Waals surface area contributed by atoms with Crippen molar-refractivity contribution in [2.24, 2.45) is 11.8 Å². The van der Waals surface area contributed by atoms with Gasteiger partial charge in [0.15, 0.2) is 12.6 Å². The van der Waals surface area contributed by atoms with Crippen LogP contribution >= 0.6 is 0 Å². The van der Waals surface area contributed by atoms with Crippen LogP contribution in [0.2, 0.25) is 0 Å². The number of rotatable bonds is 8. The van der Waals surface area contributed by atoms with E-state index >= 15 is 0 Å². The molecule has 16 nitrogen and oxygen atoms in total. The Kier molecular flexibility index (Phi) is 11.8. The fraction of sp³-hybridized carbons (Fsp3) is 1.00. The van der Waals surface area contributed by atoms with Gasteiger partial charge >= 0.3 is 0 Å². The summed E-state index contributed by atoms with van der Waals surface area (Å²) >= 11 is 0. The number of aliphatic hydroxyl groups is 9. The van der Waals surface area contributed by atoms with Gasteiger partial charge in [0.1, 0.15) is 48.8 Å². The minimum Gasteiger partial charge on any atom is -0.393 e. The highest BCUT2D eigenvalue weighted by Crippen LogP contribution is 2.44. The molecule has 0 aromatic carbocycles. The average molecular weight is 655 g/mol. The molecule has 16 heteroatoms. The first kappa shape index (κ1) is 35.7. The Morgan fingerprint density at radius 3 is 1.87 bits per heavy atom. The topological polar surface area (TPSA) is 247 Å². The van der Waals surface area contributed by atoms with E-state index in [1.54, 1.807) is 0 Å². The van der Waals surface area contributed by atoms with Crippen LogP contribution in [-0.2, 0) is 33.2 Å². The van der Waals surface area contributed by atoms with E-state index in [0.29, 0.717) is 19.3 Å². The summed E-state index contributed by atoms with van der Waals surface area (Å²) in [5.74, 6) is -0.668.